The van der Waals surface area contributed by atoms with Crippen LogP contribution >= 0.6 is 11.3 Å². The van der Waals surface area contributed by atoms with E-state index in [1.807, 2.05) is 23.4 Å². The number of carbonyl (C=O) groups excluding carboxylic acids is 1. The number of thiophene rings is 1. The smallest absolute Gasteiger partial charge is 0.256 e. The number of nitrogens with zero attached hydrogens (tertiary/aromatic N) is 2. The van der Waals surface area contributed by atoms with Crippen molar-refractivity contribution in [1.82, 2.24) is 9.80 Å². The standard InChI is InChI=1S/C20H25FN2O3S/c1-22(11-15-6-9-27-13-15)14-20(25)7-3-8-23(19(20)24)12-16-10-17(26-2)4-5-18(16)21/h4-6,9-10,13,25H,3,7-8,11-12,14H2,1-2H3. The fourth-order valence-corrected chi connectivity index (χ4v) is 4.22. The molecule has 2 aromatic rings. The summed E-state index contributed by atoms with van der Waals surface area (Å²) in [6, 6.07) is 6.51. The van der Waals surface area contributed by atoms with Gasteiger partial charge >= 0.3 is 0 Å². The molecule has 2 heterocycles. The molecule has 0 aliphatic carbocycles. The van der Waals surface area contributed by atoms with Crippen LogP contribution in [0.15, 0.2) is 35.0 Å². The molecule has 0 saturated carbocycles. The molecule has 1 N–H and O–H groups in total. The van der Waals surface area contributed by atoms with E-state index in [4.69, 9.17) is 4.74 Å². The van der Waals surface area contributed by atoms with Crippen molar-refractivity contribution in [3.05, 3.63) is 52.0 Å². The summed E-state index contributed by atoms with van der Waals surface area (Å²) in [4.78, 5) is 16.4. The summed E-state index contributed by atoms with van der Waals surface area (Å²) in [6.45, 7) is 1.55. The van der Waals surface area contributed by atoms with Crippen molar-refractivity contribution in [2.24, 2.45) is 0 Å². The summed E-state index contributed by atoms with van der Waals surface area (Å²) in [5.41, 5.74) is 0.0986. The van der Waals surface area contributed by atoms with Gasteiger partial charge in [-0.1, -0.05) is 0 Å². The Morgan fingerprint density at radius 2 is 2.22 bits per heavy atom. The zero-order valence-electron chi connectivity index (χ0n) is 15.7. The number of hydrogen-bond acceptors (Lipinski definition) is 5. The van der Waals surface area contributed by atoms with E-state index in [0.29, 0.717) is 37.2 Å². The quantitative estimate of drug-likeness (QED) is 0.787. The molecule has 1 saturated heterocycles. The van der Waals surface area contributed by atoms with Gasteiger partial charge < -0.3 is 14.7 Å². The maximum Gasteiger partial charge on any atom is 0.256 e. The van der Waals surface area contributed by atoms with Crippen molar-refractivity contribution in [2.45, 2.75) is 31.5 Å². The second kappa shape index (κ2) is 8.37. The number of benzene rings is 1. The Kier molecular flexibility index (Phi) is 6.14. The van der Waals surface area contributed by atoms with Gasteiger partial charge in [0.15, 0.2) is 5.60 Å². The summed E-state index contributed by atoms with van der Waals surface area (Å²) in [6.07, 6.45) is 1.09. The summed E-state index contributed by atoms with van der Waals surface area (Å²) >= 11 is 1.62. The first-order valence-electron chi connectivity index (χ1n) is 8.95. The molecular formula is C20H25FN2O3S. The summed E-state index contributed by atoms with van der Waals surface area (Å²) in [5.74, 6) is -0.179. The van der Waals surface area contributed by atoms with Crippen molar-refractivity contribution < 1.29 is 19.0 Å². The van der Waals surface area contributed by atoms with Gasteiger partial charge in [0.1, 0.15) is 11.6 Å². The molecule has 1 aliphatic heterocycles. The minimum absolute atomic E-state index is 0.123. The molecular weight excluding hydrogens is 367 g/mol. The molecule has 1 aromatic carbocycles. The number of amides is 1. The molecule has 5 nitrogen and oxygen atoms in total. The van der Waals surface area contributed by atoms with Gasteiger partial charge in [-0.15, -0.1) is 0 Å². The van der Waals surface area contributed by atoms with Crippen LogP contribution in [0.25, 0.3) is 0 Å². The zero-order valence-corrected chi connectivity index (χ0v) is 16.5. The number of likely N-dealkylation sites (tertiary alicyclic amines) is 1. The van der Waals surface area contributed by atoms with E-state index < -0.39 is 5.60 Å². The molecule has 1 aromatic heterocycles. The Hall–Kier alpha value is -1.96. The Morgan fingerprint density at radius 3 is 2.93 bits per heavy atom. The maximum atomic E-state index is 14.1. The largest absolute Gasteiger partial charge is 0.497 e. The van der Waals surface area contributed by atoms with Crippen LogP contribution in [0.2, 0.25) is 0 Å². The molecule has 0 radical (unpaired) electrons. The lowest BCUT2D eigenvalue weighted by atomic mass is 9.90. The normalized spacial score (nSPS) is 20.3. The second-order valence-corrected chi connectivity index (χ2v) is 7.90. The number of likely N-dealkylation sites (N-methyl/N-ethyl adjacent to an activating group) is 1. The van der Waals surface area contributed by atoms with Crippen molar-refractivity contribution >= 4 is 17.2 Å². The van der Waals surface area contributed by atoms with E-state index in [0.717, 1.165) is 5.56 Å². The van der Waals surface area contributed by atoms with Crippen LogP contribution in [0, 0.1) is 5.82 Å². The van der Waals surface area contributed by atoms with Crippen LogP contribution in [0.1, 0.15) is 24.0 Å². The topological polar surface area (TPSA) is 53.0 Å². The molecule has 146 valence electrons. The highest BCUT2D eigenvalue weighted by atomic mass is 32.1. The third-order valence-electron chi connectivity index (χ3n) is 4.88. The molecule has 1 unspecified atom stereocenters. The van der Waals surface area contributed by atoms with Crippen molar-refractivity contribution in [3.8, 4) is 5.75 Å². The summed E-state index contributed by atoms with van der Waals surface area (Å²) in [7, 11) is 3.41. The molecule has 1 aliphatic rings. The fraction of sp³-hybridized carbons (Fsp3) is 0.450. The first-order chi connectivity index (χ1) is 12.9. The lowest BCUT2D eigenvalue weighted by Gasteiger charge is -2.40. The third kappa shape index (κ3) is 4.66. The average Bonchev–Trinajstić information content (AvgIpc) is 3.13. The van der Waals surface area contributed by atoms with Gasteiger partial charge in [-0.3, -0.25) is 9.69 Å². The monoisotopic (exact) mass is 392 g/mol. The van der Waals surface area contributed by atoms with Gasteiger partial charge in [-0.05, 0) is 60.5 Å². The first kappa shape index (κ1) is 19.8. The molecule has 1 atom stereocenters. The van der Waals surface area contributed by atoms with Gasteiger partial charge in [0.05, 0.1) is 7.11 Å². The number of ether oxygens (including phenoxy) is 1. The molecule has 7 heteroatoms. The first-order valence-corrected chi connectivity index (χ1v) is 9.89. The van der Waals surface area contributed by atoms with Crippen molar-refractivity contribution in [3.63, 3.8) is 0 Å². The molecule has 1 fully saturated rings. The second-order valence-electron chi connectivity index (χ2n) is 7.12. The van der Waals surface area contributed by atoms with Crippen molar-refractivity contribution in [1.29, 1.82) is 0 Å². The Morgan fingerprint density at radius 1 is 1.41 bits per heavy atom. The molecule has 0 bridgehead atoms. The molecule has 27 heavy (non-hydrogen) atoms. The fourth-order valence-electron chi connectivity index (χ4n) is 3.56. The van der Waals surface area contributed by atoms with Crippen LogP contribution < -0.4 is 4.74 Å². The number of rotatable bonds is 7. The minimum Gasteiger partial charge on any atom is -0.497 e. The van der Waals surface area contributed by atoms with E-state index in [1.165, 1.54) is 13.2 Å². The number of piperidine rings is 1. The van der Waals surface area contributed by atoms with E-state index in [1.54, 1.807) is 28.4 Å². The number of aliphatic hydroxyl groups is 1. The lowest BCUT2D eigenvalue weighted by molar-refractivity contribution is -0.160. The lowest BCUT2D eigenvalue weighted by Crippen LogP contribution is -2.57. The highest BCUT2D eigenvalue weighted by Gasteiger charge is 2.43. The minimum atomic E-state index is -1.45. The van der Waals surface area contributed by atoms with Crippen molar-refractivity contribution in [2.75, 3.05) is 27.2 Å². The van der Waals surface area contributed by atoms with E-state index in [9.17, 15) is 14.3 Å². The van der Waals surface area contributed by atoms with Crippen LogP contribution in [0.4, 0.5) is 4.39 Å². The summed E-state index contributed by atoms with van der Waals surface area (Å²) < 4.78 is 19.3. The predicted molar refractivity (Wildman–Crippen MR) is 103 cm³/mol. The van der Waals surface area contributed by atoms with E-state index in [2.05, 4.69) is 5.38 Å². The zero-order chi connectivity index (χ0) is 19.4. The van der Waals surface area contributed by atoms with Crippen LogP contribution in [0.5, 0.6) is 5.75 Å². The van der Waals surface area contributed by atoms with Crippen LogP contribution in [-0.2, 0) is 17.9 Å². The van der Waals surface area contributed by atoms with E-state index in [-0.39, 0.29) is 24.8 Å². The number of methoxy groups -OCH3 is 1. The Bertz CT molecular complexity index is 784. The van der Waals surface area contributed by atoms with Gasteiger partial charge in [0, 0.05) is 31.7 Å². The highest BCUT2D eigenvalue weighted by Crippen LogP contribution is 2.27. The van der Waals surface area contributed by atoms with Crippen LogP contribution in [-0.4, -0.2) is 53.7 Å². The predicted octanol–water partition coefficient (Wildman–Crippen LogP) is 2.88. The summed E-state index contributed by atoms with van der Waals surface area (Å²) in [5, 5.41) is 15.1. The van der Waals surface area contributed by atoms with Gasteiger partial charge in [0.25, 0.3) is 5.91 Å². The van der Waals surface area contributed by atoms with Crippen LogP contribution in [0.3, 0.4) is 0 Å². The van der Waals surface area contributed by atoms with Gasteiger partial charge in [0.2, 0.25) is 0 Å². The maximum absolute atomic E-state index is 14.1. The third-order valence-corrected chi connectivity index (χ3v) is 5.61. The number of hydrogen-bond donors (Lipinski definition) is 1. The number of carbonyl (C=O) groups is 1. The Labute approximate surface area is 163 Å². The van der Waals surface area contributed by atoms with Gasteiger partial charge in [-0.2, -0.15) is 11.3 Å². The Balaban J connectivity index is 1.69. The molecule has 1 amide bonds. The molecule has 3 rings (SSSR count). The van der Waals surface area contributed by atoms with E-state index >= 15 is 0 Å². The highest BCUT2D eigenvalue weighted by molar-refractivity contribution is 7.07. The number of halogens is 1. The van der Waals surface area contributed by atoms with Gasteiger partial charge in [-0.25, -0.2) is 4.39 Å². The average molecular weight is 392 g/mol. The SMILES string of the molecule is COc1ccc(F)c(CN2CCCC(O)(CN(C)Cc3ccsc3)C2=O)c1. The molecule has 0 spiro atoms.